The van der Waals surface area contributed by atoms with Crippen LogP contribution in [-0.4, -0.2) is 27.6 Å². The van der Waals surface area contributed by atoms with Gasteiger partial charge in [0.25, 0.3) is 5.89 Å². The largest absolute Gasteiger partial charge is 0.355 e. The van der Waals surface area contributed by atoms with Crippen molar-refractivity contribution in [1.29, 1.82) is 0 Å². The lowest BCUT2D eigenvalue weighted by Crippen LogP contribution is -2.34. The molecule has 3 rings (SSSR count). The van der Waals surface area contributed by atoms with Gasteiger partial charge in [-0.15, -0.1) is 0 Å². The molecule has 1 N–H and O–H groups in total. The molecule has 1 atom stereocenters. The summed E-state index contributed by atoms with van der Waals surface area (Å²) in [5, 5.41) is 6.85. The minimum atomic E-state index is 0.0843. The van der Waals surface area contributed by atoms with Crippen LogP contribution in [0.25, 0.3) is 11.6 Å². The van der Waals surface area contributed by atoms with Crippen molar-refractivity contribution in [3.63, 3.8) is 0 Å². The highest BCUT2D eigenvalue weighted by molar-refractivity contribution is 5.76. The van der Waals surface area contributed by atoms with Crippen LogP contribution in [0, 0.1) is 13.8 Å². The van der Waals surface area contributed by atoms with Crippen molar-refractivity contribution in [3.05, 3.63) is 29.2 Å². The fourth-order valence-corrected chi connectivity index (χ4v) is 2.39. The van der Waals surface area contributed by atoms with Crippen molar-refractivity contribution in [1.82, 2.24) is 20.4 Å². The number of rotatable bonds is 2. The molecule has 0 spiro atoms. The normalized spacial score (nSPS) is 18.9. The second kappa shape index (κ2) is 5.03. The summed E-state index contributed by atoms with van der Waals surface area (Å²) in [6.07, 6.45) is 3.05. The van der Waals surface area contributed by atoms with Gasteiger partial charge in [-0.05, 0) is 31.4 Å². The molecule has 3 heterocycles. The molecule has 0 unspecified atom stereocenters. The maximum atomic E-state index is 11.2. The number of carbonyl (C=O) groups is 1. The van der Waals surface area contributed by atoms with Gasteiger partial charge in [-0.2, -0.15) is 4.98 Å². The van der Waals surface area contributed by atoms with Crippen molar-refractivity contribution < 1.29 is 9.32 Å². The molecule has 0 saturated carbocycles. The van der Waals surface area contributed by atoms with E-state index in [2.05, 4.69) is 20.4 Å². The highest BCUT2D eigenvalue weighted by Gasteiger charge is 2.24. The molecular formula is C14H16N4O2. The molecule has 0 bridgehead atoms. The number of amides is 1. The van der Waals surface area contributed by atoms with Gasteiger partial charge in [-0.1, -0.05) is 11.2 Å². The Morgan fingerprint density at radius 3 is 2.95 bits per heavy atom. The molecule has 0 radical (unpaired) electrons. The third kappa shape index (κ3) is 2.41. The number of aromatic nitrogens is 3. The van der Waals surface area contributed by atoms with Gasteiger partial charge in [-0.3, -0.25) is 9.78 Å². The summed E-state index contributed by atoms with van der Waals surface area (Å²) in [7, 11) is 0. The summed E-state index contributed by atoms with van der Waals surface area (Å²) >= 11 is 0. The SMILES string of the molecule is Cc1cnc(-c2nc([C@H]3CCC(=O)NC3)no2)c(C)c1. The first-order chi connectivity index (χ1) is 9.63. The van der Waals surface area contributed by atoms with Crippen LogP contribution >= 0.6 is 0 Å². The molecule has 6 nitrogen and oxygen atoms in total. The molecular weight excluding hydrogens is 256 g/mol. The van der Waals surface area contributed by atoms with E-state index in [1.54, 1.807) is 6.20 Å². The van der Waals surface area contributed by atoms with Gasteiger partial charge in [0, 0.05) is 25.1 Å². The predicted octanol–water partition coefficient (Wildman–Crippen LogP) is 1.74. The van der Waals surface area contributed by atoms with Gasteiger partial charge < -0.3 is 9.84 Å². The van der Waals surface area contributed by atoms with E-state index in [-0.39, 0.29) is 11.8 Å². The minimum Gasteiger partial charge on any atom is -0.355 e. The van der Waals surface area contributed by atoms with Crippen molar-refractivity contribution in [2.24, 2.45) is 0 Å². The third-order valence-electron chi connectivity index (χ3n) is 3.49. The second-order valence-electron chi connectivity index (χ2n) is 5.18. The van der Waals surface area contributed by atoms with E-state index >= 15 is 0 Å². The fourth-order valence-electron chi connectivity index (χ4n) is 2.39. The lowest BCUT2D eigenvalue weighted by Gasteiger charge is -2.18. The predicted molar refractivity (Wildman–Crippen MR) is 72.0 cm³/mol. The average Bonchev–Trinajstić information content (AvgIpc) is 2.89. The van der Waals surface area contributed by atoms with Crippen molar-refractivity contribution >= 4 is 5.91 Å². The van der Waals surface area contributed by atoms with E-state index in [4.69, 9.17) is 4.52 Å². The Labute approximate surface area is 116 Å². The molecule has 1 amide bonds. The van der Waals surface area contributed by atoms with Crippen LogP contribution in [0.5, 0.6) is 0 Å². The maximum Gasteiger partial charge on any atom is 0.276 e. The summed E-state index contributed by atoms with van der Waals surface area (Å²) < 4.78 is 5.32. The highest BCUT2D eigenvalue weighted by Crippen LogP contribution is 2.25. The van der Waals surface area contributed by atoms with E-state index in [0.717, 1.165) is 17.5 Å². The van der Waals surface area contributed by atoms with Crippen LogP contribution in [-0.2, 0) is 4.79 Å². The number of hydrogen-bond donors (Lipinski definition) is 1. The van der Waals surface area contributed by atoms with E-state index in [1.165, 1.54) is 0 Å². The Morgan fingerprint density at radius 2 is 2.25 bits per heavy atom. The van der Waals surface area contributed by atoms with Crippen LogP contribution in [0.15, 0.2) is 16.8 Å². The number of nitrogens with zero attached hydrogens (tertiary/aromatic N) is 3. The first kappa shape index (κ1) is 12.8. The first-order valence-electron chi connectivity index (χ1n) is 6.67. The number of hydrogen-bond acceptors (Lipinski definition) is 5. The molecule has 1 aliphatic heterocycles. The molecule has 20 heavy (non-hydrogen) atoms. The van der Waals surface area contributed by atoms with Crippen molar-refractivity contribution in [2.45, 2.75) is 32.6 Å². The molecule has 0 aromatic carbocycles. The number of pyridine rings is 1. The summed E-state index contributed by atoms with van der Waals surface area (Å²) in [5.74, 6) is 1.29. The van der Waals surface area contributed by atoms with Crippen LogP contribution in [0.4, 0.5) is 0 Å². The first-order valence-corrected chi connectivity index (χ1v) is 6.67. The number of carbonyl (C=O) groups excluding carboxylic acids is 1. The topological polar surface area (TPSA) is 80.9 Å². The van der Waals surface area contributed by atoms with Gasteiger partial charge in [0.15, 0.2) is 5.82 Å². The van der Waals surface area contributed by atoms with Crippen LogP contribution in [0.2, 0.25) is 0 Å². The van der Waals surface area contributed by atoms with Gasteiger partial charge in [-0.25, -0.2) is 0 Å². The fraction of sp³-hybridized carbons (Fsp3) is 0.429. The zero-order valence-corrected chi connectivity index (χ0v) is 11.5. The van der Waals surface area contributed by atoms with Gasteiger partial charge >= 0.3 is 0 Å². The van der Waals surface area contributed by atoms with Crippen LogP contribution in [0.3, 0.4) is 0 Å². The molecule has 2 aromatic heterocycles. The lowest BCUT2D eigenvalue weighted by atomic mass is 9.99. The number of aryl methyl sites for hydroxylation is 2. The van der Waals surface area contributed by atoms with Crippen LogP contribution in [0.1, 0.15) is 35.7 Å². The van der Waals surface area contributed by atoms with Gasteiger partial charge in [0.1, 0.15) is 5.69 Å². The maximum absolute atomic E-state index is 11.2. The minimum absolute atomic E-state index is 0.0843. The highest BCUT2D eigenvalue weighted by atomic mass is 16.5. The summed E-state index contributed by atoms with van der Waals surface area (Å²) in [5.41, 5.74) is 2.83. The Kier molecular flexibility index (Phi) is 3.22. The second-order valence-corrected chi connectivity index (χ2v) is 5.18. The van der Waals surface area contributed by atoms with E-state index in [9.17, 15) is 4.79 Å². The summed E-state index contributed by atoms with van der Waals surface area (Å²) in [4.78, 5) is 19.9. The van der Waals surface area contributed by atoms with Crippen molar-refractivity contribution in [2.75, 3.05) is 6.54 Å². The third-order valence-corrected chi connectivity index (χ3v) is 3.49. The molecule has 6 heteroatoms. The molecule has 1 fully saturated rings. The van der Waals surface area contributed by atoms with E-state index in [0.29, 0.717) is 30.4 Å². The molecule has 104 valence electrons. The van der Waals surface area contributed by atoms with Gasteiger partial charge in [0.05, 0.1) is 0 Å². The van der Waals surface area contributed by atoms with Crippen molar-refractivity contribution in [3.8, 4) is 11.6 Å². The van der Waals surface area contributed by atoms with E-state index < -0.39 is 0 Å². The molecule has 1 aliphatic rings. The van der Waals surface area contributed by atoms with Crippen LogP contribution < -0.4 is 5.32 Å². The molecule has 2 aromatic rings. The standard InChI is InChI=1S/C14H16N4O2/c1-8-5-9(2)12(16-6-8)14-17-13(18-20-14)10-3-4-11(19)15-7-10/h5-6,10H,3-4,7H2,1-2H3,(H,15,19)/t10-/m0/s1. The Hall–Kier alpha value is -2.24. The zero-order valence-electron chi connectivity index (χ0n) is 11.5. The lowest BCUT2D eigenvalue weighted by molar-refractivity contribution is -0.122. The summed E-state index contributed by atoms with van der Waals surface area (Å²) in [6, 6.07) is 2.03. The summed E-state index contributed by atoms with van der Waals surface area (Å²) in [6.45, 7) is 4.53. The smallest absolute Gasteiger partial charge is 0.276 e. The number of piperidine rings is 1. The Bertz CT molecular complexity index is 640. The molecule has 1 saturated heterocycles. The van der Waals surface area contributed by atoms with Gasteiger partial charge in [0.2, 0.25) is 5.91 Å². The Balaban J connectivity index is 1.84. The quantitative estimate of drug-likeness (QED) is 0.900. The van der Waals surface area contributed by atoms with E-state index in [1.807, 2.05) is 19.9 Å². The number of nitrogens with one attached hydrogen (secondary N) is 1. The Morgan fingerprint density at radius 1 is 1.40 bits per heavy atom. The monoisotopic (exact) mass is 272 g/mol. The average molecular weight is 272 g/mol. The zero-order chi connectivity index (χ0) is 14.1. The molecule has 0 aliphatic carbocycles.